The van der Waals surface area contributed by atoms with Crippen LogP contribution >= 0.6 is 11.6 Å². The van der Waals surface area contributed by atoms with Crippen molar-refractivity contribution in [2.75, 3.05) is 0 Å². The van der Waals surface area contributed by atoms with Gasteiger partial charge in [0, 0.05) is 24.5 Å². The smallest absolute Gasteiger partial charge is 0.127 e. The standard InChI is InChI=1S/C12H13ClFN3/c1-17-5-4-16-12(17)11(15)6-8-2-3-9(13)7-10(8)14/h2-5,7,11H,6,15H2,1H3. The van der Waals surface area contributed by atoms with E-state index in [-0.39, 0.29) is 11.9 Å². The second kappa shape index (κ2) is 4.85. The number of benzene rings is 1. The summed E-state index contributed by atoms with van der Waals surface area (Å²) in [6.45, 7) is 0. The lowest BCUT2D eigenvalue weighted by Gasteiger charge is -2.12. The van der Waals surface area contributed by atoms with Crippen molar-refractivity contribution in [2.24, 2.45) is 12.8 Å². The number of aromatic nitrogens is 2. The van der Waals surface area contributed by atoms with E-state index in [2.05, 4.69) is 4.98 Å². The lowest BCUT2D eigenvalue weighted by Crippen LogP contribution is -2.18. The van der Waals surface area contributed by atoms with Gasteiger partial charge in [-0.25, -0.2) is 9.37 Å². The van der Waals surface area contributed by atoms with Crippen LogP contribution in [0.3, 0.4) is 0 Å². The third kappa shape index (κ3) is 2.65. The Hall–Kier alpha value is -1.39. The summed E-state index contributed by atoms with van der Waals surface area (Å²) < 4.78 is 15.4. The Morgan fingerprint density at radius 2 is 2.29 bits per heavy atom. The first-order chi connectivity index (χ1) is 8.08. The van der Waals surface area contributed by atoms with Gasteiger partial charge in [0.25, 0.3) is 0 Å². The summed E-state index contributed by atoms with van der Waals surface area (Å²) in [4.78, 5) is 4.15. The average Bonchev–Trinajstić information content (AvgIpc) is 2.68. The minimum Gasteiger partial charge on any atom is -0.337 e. The molecular weight excluding hydrogens is 241 g/mol. The number of hydrogen-bond donors (Lipinski definition) is 1. The van der Waals surface area contributed by atoms with Gasteiger partial charge in [-0.15, -0.1) is 0 Å². The lowest BCUT2D eigenvalue weighted by atomic mass is 10.1. The quantitative estimate of drug-likeness (QED) is 0.913. The molecule has 0 saturated carbocycles. The maximum atomic E-state index is 13.6. The molecule has 17 heavy (non-hydrogen) atoms. The average molecular weight is 254 g/mol. The molecule has 0 saturated heterocycles. The third-order valence-corrected chi connectivity index (χ3v) is 2.88. The first kappa shape index (κ1) is 12.1. The van der Waals surface area contributed by atoms with E-state index in [4.69, 9.17) is 17.3 Å². The van der Waals surface area contributed by atoms with Gasteiger partial charge in [-0.2, -0.15) is 0 Å². The van der Waals surface area contributed by atoms with Gasteiger partial charge >= 0.3 is 0 Å². The molecule has 1 aromatic heterocycles. The fraction of sp³-hybridized carbons (Fsp3) is 0.250. The number of nitrogens with zero attached hydrogens (tertiary/aromatic N) is 2. The summed E-state index contributed by atoms with van der Waals surface area (Å²) >= 11 is 5.69. The summed E-state index contributed by atoms with van der Waals surface area (Å²) in [5.41, 5.74) is 6.54. The summed E-state index contributed by atoms with van der Waals surface area (Å²) in [7, 11) is 1.86. The molecule has 0 spiro atoms. The topological polar surface area (TPSA) is 43.8 Å². The summed E-state index contributed by atoms with van der Waals surface area (Å²) in [5.74, 6) is 0.404. The van der Waals surface area contributed by atoms with Crippen LogP contribution in [0.25, 0.3) is 0 Å². The highest BCUT2D eigenvalue weighted by molar-refractivity contribution is 6.30. The third-order valence-electron chi connectivity index (χ3n) is 2.65. The van der Waals surface area contributed by atoms with Crippen molar-refractivity contribution < 1.29 is 4.39 Å². The van der Waals surface area contributed by atoms with Crippen molar-refractivity contribution in [3.63, 3.8) is 0 Å². The van der Waals surface area contributed by atoms with E-state index in [1.807, 2.05) is 17.8 Å². The first-order valence-corrected chi connectivity index (χ1v) is 5.62. The van der Waals surface area contributed by atoms with Crippen LogP contribution in [0.2, 0.25) is 5.02 Å². The first-order valence-electron chi connectivity index (χ1n) is 5.24. The van der Waals surface area contributed by atoms with E-state index in [1.165, 1.54) is 6.07 Å². The SMILES string of the molecule is Cn1ccnc1C(N)Cc1ccc(Cl)cc1F. The molecule has 1 aromatic carbocycles. The summed E-state index contributed by atoms with van der Waals surface area (Å²) in [5, 5.41) is 0.386. The van der Waals surface area contributed by atoms with E-state index < -0.39 is 0 Å². The second-order valence-electron chi connectivity index (χ2n) is 3.94. The van der Waals surface area contributed by atoms with Gasteiger partial charge < -0.3 is 10.3 Å². The zero-order valence-electron chi connectivity index (χ0n) is 9.40. The van der Waals surface area contributed by atoms with E-state index in [0.717, 1.165) is 5.82 Å². The highest BCUT2D eigenvalue weighted by Crippen LogP contribution is 2.19. The van der Waals surface area contributed by atoms with Crippen LogP contribution in [-0.4, -0.2) is 9.55 Å². The Kier molecular flexibility index (Phi) is 3.45. The molecular formula is C12H13ClFN3. The molecule has 2 rings (SSSR count). The van der Waals surface area contributed by atoms with E-state index in [9.17, 15) is 4.39 Å². The van der Waals surface area contributed by atoms with Crippen LogP contribution in [-0.2, 0) is 13.5 Å². The molecule has 5 heteroatoms. The Bertz CT molecular complexity index is 524. The monoisotopic (exact) mass is 253 g/mol. The van der Waals surface area contributed by atoms with Crippen molar-refractivity contribution in [1.82, 2.24) is 9.55 Å². The minimum atomic E-state index is -0.331. The van der Waals surface area contributed by atoms with Crippen molar-refractivity contribution in [3.05, 3.63) is 52.8 Å². The number of nitrogens with two attached hydrogens (primary N) is 1. The molecule has 0 radical (unpaired) electrons. The highest BCUT2D eigenvalue weighted by Gasteiger charge is 2.14. The molecule has 90 valence electrons. The van der Waals surface area contributed by atoms with E-state index >= 15 is 0 Å². The van der Waals surface area contributed by atoms with Crippen LogP contribution in [0.1, 0.15) is 17.4 Å². The van der Waals surface area contributed by atoms with Crippen LogP contribution in [0.4, 0.5) is 4.39 Å². The summed E-state index contributed by atoms with van der Waals surface area (Å²) in [6.07, 6.45) is 3.88. The van der Waals surface area contributed by atoms with Crippen molar-refractivity contribution >= 4 is 11.6 Å². The van der Waals surface area contributed by atoms with Crippen LogP contribution in [0, 0.1) is 5.82 Å². The predicted octanol–water partition coefficient (Wildman–Crippen LogP) is 2.46. The molecule has 0 aliphatic rings. The fourth-order valence-electron chi connectivity index (χ4n) is 1.75. The second-order valence-corrected chi connectivity index (χ2v) is 4.38. The van der Waals surface area contributed by atoms with Gasteiger partial charge in [-0.05, 0) is 24.1 Å². The molecule has 0 aliphatic carbocycles. The van der Waals surface area contributed by atoms with Gasteiger partial charge in [0.1, 0.15) is 11.6 Å². The van der Waals surface area contributed by atoms with Crippen molar-refractivity contribution in [3.8, 4) is 0 Å². The van der Waals surface area contributed by atoms with Gasteiger partial charge in [-0.3, -0.25) is 0 Å². The minimum absolute atomic E-state index is 0.328. The lowest BCUT2D eigenvalue weighted by molar-refractivity contribution is 0.576. The number of halogens is 2. The molecule has 3 nitrogen and oxygen atoms in total. The Morgan fingerprint density at radius 3 is 2.88 bits per heavy atom. The van der Waals surface area contributed by atoms with E-state index in [1.54, 1.807) is 18.3 Å². The van der Waals surface area contributed by atoms with Crippen LogP contribution in [0.15, 0.2) is 30.6 Å². The maximum absolute atomic E-state index is 13.6. The number of imidazole rings is 1. The predicted molar refractivity (Wildman–Crippen MR) is 65.3 cm³/mol. The number of aryl methyl sites for hydroxylation is 1. The Labute approximate surface area is 104 Å². The number of hydrogen-bond acceptors (Lipinski definition) is 2. The zero-order chi connectivity index (χ0) is 12.4. The molecule has 0 amide bonds. The van der Waals surface area contributed by atoms with E-state index in [0.29, 0.717) is 17.0 Å². The normalized spacial score (nSPS) is 12.7. The van der Waals surface area contributed by atoms with Gasteiger partial charge in [0.05, 0.1) is 6.04 Å². The molecule has 1 atom stereocenters. The van der Waals surface area contributed by atoms with Gasteiger partial charge in [0.15, 0.2) is 0 Å². The van der Waals surface area contributed by atoms with Crippen molar-refractivity contribution in [2.45, 2.75) is 12.5 Å². The largest absolute Gasteiger partial charge is 0.337 e. The molecule has 1 heterocycles. The summed E-state index contributed by atoms with van der Waals surface area (Å²) in [6, 6.07) is 4.28. The molecule has 2 aromatic rings. The van der Waals surface area contributed by atoms with Crippen LogP contribution in [0.5, 0.6) is 0 Å². The highest BCUT2D eigenvalue weighted by atomic mass is 35.5. The van der Waals surface area contributed by atoms with Crippen molar-refractivity contribution in [1.29, 1.82) is 0 Å². The molecule has 0 fully saturated rings. The maximum Gasteiger partial charge on any atom is 0.127 e. The fourth-order valence-corrected chi connectivity index (χ4v) is 1.91. The molecule has 2 N–H and O–H groups in total. The number of rotatable bonds is 3. The molecule has 1 unspecified atom stereocenters. The van der Waals surface area contributed by atoms with Gasteiger partial charge in [-0.1, -0.05) is 17.7 Å². The Balaban J connectivity index is 2.19. The van der Waals surface area contributed by atoms with Gasteiger partial charge in [0.2, 0.25) is 0 Å². The molecule has 0 bridgehead atoms. The molecule has 0 aliphatic heterocycles. The Morgan fingerprint density at radius 1 is 1.53 bits per heavy atom. The van der Waals surface area contributed by atoms with Crippen LogP contribution < -0.4 is 5.73 Å². The zero-order valence-corrected chi connectivity index (χ0v) is 10.2.